The van der Waals surface area contributed by atoms with Gasteiger partial charge in [0.1, 0.15) is 17.2 Å². The zero-order valence-corrected chi connectivity index (χ0v) is 14.8. The van der Waals surface area contributed by atoms with Crippen LogP contribution in [0.3, 0.4) is 0 Å². The minimum absolute atomic E-state index is 0.0379. The minimum atomic E-state index is -0.311. The van der Waals surface area contributed by atoms with Gasteiger partial charge in [-0.25, -0.2) is 0 Å². The van der Waals surface area contributed by atoms with Gasteiger partial charge in [-0.3, -0.25) is 4.79 Å². The van der Waals surface area contributed by atoms with Crippen molar-refractivity contribution in [2.75, 3.05) is 19.5 Å². The van der Waals surface area contributed by atoms with E-state index in [1.54, 1.807) is 30.3 Å². The number of para-hydroxylation sites is 1. The fraction of sp³-hybridized carbons (Fsp3) is 0.278. The second kappa shape index (κ2) is 7.93. The molecule has 0 saturated heterocycles. The Balaban J connectivity index is 2.33. The van der Waals surface area contributed by atoms with Crippen LogP contribution >= 0.6 is 11.6 Å². The molecule has 0 aliphatic carbocycles. The Morgan fingerprint density at radius 2 is 1.71 bits per heavy atom. The zero-order valence-electron chi connectivity index (χ0n) is 14.1. The van der Waals surface area contributed by atoms with Gasteiger partial charge in [-0.1, -0.05) is 23.7 Å². The lowest BCUT2D eigenvalue weighted by Crippen LogP contribution is -2.16. The van der Waals surface area contributed by atoms with E-state index >= 15 is 0 Å². The molecule has 0 spiro atoms. The fourth-order valence-corrected chi connectivity index (χ4v) is 2.39. The van der Waals surface area contributed by atoms with Crippen molar-refractivity contribution in [2.24, 2.45) is 0 Å². The molecular weight excluding hydrogens is 330 g/mol. The number of amides is 1. The number of hydrogen-bond donors (Lipinski definition) is 1. The molecular formula is C18H20ClNO4. The zero-order chi connectivity index (χ0) is 17.7. The van der Waals surface area contributed by atoms with E-state index in [4.69, 9.17) is 25.8 Å². The third-order valence-corrected chi connectivity index (χ3v) is 3.51. The van der Waals surface area contributed by atoms with Gasteiger partial charge in [-0.15, -0.1) is 0 Å². The van der Waals surface area contributed by atoms with E-state index in [-0.39, 0.29) is 12.0 Å². The summed E-state index contributed by atoms with van der Waals surface area (Å²) in [6.07, 6.45) is -0.0379. The molecule has 1 N–H and O–H groups in total. The molecule has 1 amide bonds. The quantitative estimate of drug-likeness (QED) is 0.840. The molecule has 6 heteroatoms. The normalized spacial score (nSPS) is 10.4. The number of rotatable bonds is 6. The summed E-state index contributed by atoms with van der Waals surface area (Å²) in [6, 6.07) is 10.3. The van der Waals surface area contributed by atoms with Crippen LogP contribution in [-0.2, 0) is 0 Å². The van der Waals surface area contributed by atoms with E-state index in [0.717, 1.165) is 0 Å². The van der Waals surface area contributed by atoms with Crippen LogP contribution in [0.4, 0.5) is 5.69 Å². The van der Waals surface area contributed by atoms with Gasteiger partial charge in [-0.05, 0) is 26.0 Å². The molecule has 0 aliphatic rings. The van der Waals surface area contributed by atoms with Gasteiger partial charge in [0.15, 0.2) is 0 Å². The van der Waals surface area contributed by atoms with Crippen LogP contribution in [0.15, 0.2) is 36.4 Å². The minimum Gasteiger partial charge on any atom is -0.495 e. The lowest BCUT2D eigenvalue weighted by Gasteiger charge is -2.16. The van der Waals surface area contributed by atoms with Gasteiger partial charge in [-0.2, -0.15) is 0 Å². The first-order chi connectivity index (χ1) is 11.5. The average Bonchev–Trinajstić information content (AvgIpc) is 2.55. The van der Waals surface area contributed by atoms with E-state index in [1.807, 2.05) is 19.9 Å². The van der Waals surface area contributed by atoms with Crippen molar-refractivity contribution >= 4 is 23.2 Å². The molecule has 0 heterocycles. The van der Waals surface area contributed by atoms with Crippen LogP contribution < -0.4 is 19.5 Å². The van der Waals surface area contributed by atoms with E-state index < -0.39 is 0 Å². The van der Waals surface area contributed by atoms with Crippen LogP contribution in [0.25, 0.3) is 0 Å². The first-order valence-corrected chi connectivity index (χ1v) is 7.82. The lowest BCUT2D eigenvalue weighted by molar-refractivity contribution is 0.102. The molecule has 2 aromatic rings. The molecule has 0 fully saturated rings. The standard InChI is InChI=1S/C18H20ClNO4/c1-11(2)24-15-8-6-5-7-12(15)18(21)20-14-10-16(22-3)13(19)9-17(14)23-4/h5-11H,1-4H3,(H,20,21). The van der Waals surface area contributed by atoms with E-state index in [0.29, 0.717) is 33.5 Å². The van der Waals surface area contributed by atoms with Crippen molar-refractivity contribution < 1.29 is 19.0 Å². The highest BCUT2D eigenvalue weighted by Gasteiger charge is 2.17. The molecule has 0 atom stereocenters. The topological polar surface area (TPSA) is 56.8 Å². The number of hydrogen-bond acceptors (Lipinski definition) is 4. The number of carbonyl (C=O) groups excluding carboxylic acids is 1. The number of halogens is 1. The van der Waals surface area contributed by atoms with E-state index in [9.17, 15) is 4.79 Å². The summed E-state index contributed by atoms with van der Waals surface area (Å²) >= 11 is 6.08. The van der Waals surface area contributed by atoms with Crippen molar-refractivity contribution in [3.05, 3.63) is 47.0 Å². The maximum Gasteiger partial charge on any atom is 0.259 e. The highest BCUT2D eigenvalue weighted by Crippen LogP contribution is 2.36. The Kier molecular flexibility index (Phi) is 5.93. The number of nitrogens with one attached hydrogen (secondary N) is 1. The highest BCUT2D eigenvalue weighted by atomic mass is 35.5. The molecule has 128 valence electrons. The summed E-state index contributed by atoms with van der Waals surface area (Å²) in [5.41, 5.74) is 0.894. The smallest absolute Gasteiger partial charge is 0.259 e. The monoisotopic (exact) mass is 349 g/mol. The maximum atomic E-state index is 12.6. The first-order valence-electron chi connectivity index (χ1n) is 7.44. The van der Waals surface area contributed by atoms with Crippen LogP contribution in [-0.4, -0.2) is 26.2 Å². The molecule has 24 heavy (non-hydrogen) atoms. The summed E-state index contributed by atoms with van der Waals surface area (Å²) in [4.78, 5) is 12.6. The predicted molar refractivity (Wildman–Crippen MR) is 94.7 cm³/mol. The maximum absolute atomic E-state index is 12.6. The lowest BCUT2D eigenvalue weighted by atomic mass is 10.1. The van der Waals surface area contributed by atoms with Gasteiger partial charge < -0.3 is 19.5 Å². The summed E-state index contributed by atoms with van der Waals surface area (Å²) in [6.45, 7) is 3.81. The highest BCUT2D eigenvalue weighted by molar-refractivity contribution is 6.32. The Morgan fingerprint density at radius 1 is 1.04 bits per heavy atom. The molecule has 0 bridgehead atoms. The Bertz CT molecular complexity index is 731. The number of anilines is 1. The SMILES string of the molecule is COc1cc(NC(=O)c2ccccc2OC(C)C)c(OC)cc1Cl. The molecule has 5 nitrogen and oxygen atoms in total. The molecule has 0 saturated carbocycles. The van der Waals surface area contributed by atoms with Crippen LogP contribution in [0, 0.1) is 0 Å². The van der Waals surface area contributed by atoms with Gasteiger partial charge in [0.25, 0.3) is 5.91 Å². The van der Waals surface area contributed by atoms with Gasteiger partial charge in [0.2, 0.25) is 0 Å². The molecule has 0 aliphatic heterocycles. The summed E-state index contributed by atoms with van der Waals surface area (Å²) in [5.74, 6) is 1.09. The molecule has 2 rings (SSSR count). The van der Waals surface area contributed by atoms with Gasteiger partial charge in [0, 0.05) is 12.1 Å². The van der Waals surface area contributed by atoms with Gasteiger partial charge in [0.05, 0.1) is 36.6 Å². The molecule has 0 radical (unpaired) electrons. The van der Waals surface area contributed by atoms with Crippen molar-refractivity contribution in [2.45, 2.75) is 20.0 Å². The molecule has 0 aromatic heterocycles. The second-order valence-corrected chi connectivity index (χ2v) is 5.71. The third-order valence-electron chi connectivity index (χ3n) is 3.22. The van der Waals surface area contributed by atoms with Crippen molar-refractivity contribution in [1.29, 1.82) is 0 Å². The van der Waals surface area contributed by atoms with Crippen molar-refractivity contribution in [1.82, 2.24) is 0 Å². The largest absolute Gasteiger partial charge is 0.495 e. The van der Waals surface area contributed by atoms with Crippen LogP contribution in [0.2, 0.25) is 5.02 Å². The van der Waals surface area contributed by atoms with E-state index in [1.165, 1.54) is 14.2 Å². The molecule has 0 unspecified atom stereocenters. The average molecular weight is 350 g/mol. The molecule has 2 aromatic carbocycles. The van der Waals surface area contributed by atoms with Crippen molar-refractivity contribution in [3.8, 4) is 17.2 Å². The summed E-state index contributed by atoms with van der Waals surface area (Å²) in [5, 5.41) is 3.21. The Morgan fingerprint density at radius 3 is 2.33 bits per heavy atom. The predicted octanol–water partition coefficient (Wildman–Crippen LogP) is 4.40. The summed E-state index contributed by atoms with van der Waals surface area (Å²) < 4.78 is 16.1. The number of benzene rings is 2. The summed E-state index contributed by atoms with van der Waals surface area (Å²) in [7, 11) is 3.01. The number of carbonyl (C=O) groups is 1. The van der Waals surface area contributed by atoms with Crippen molar-refractivity contribution in [3.63, 3.8) is 0 Å². The first kappa shape index (κ1) is 17.9. The number of ether oxygens (including phenoxy) is 3. The number of methoxy groups -OCH3 is 2. The Labute approximate surface area is 146 Å². The van der Waals surface area contributed by atoms with E-state index in [2.05, 4.69) is 5.32 Å². The Hall–Kier alpha value is -2.40. The third kappa shape index (κ3) is 4.11. The van der Waals surface area contributed by atoms with Crippen LogP contribution in [0.5, 0.6) is 17.2 Å². The fourth-order valence-electron chi connectivity index (χ4n) is 2.16. The second-order valence-electron chi connectivity index (χ2n) is 5.30. The van der Waals surface area contributed by atoms with Crippen LogP contribution in [0.1, 0.15) is 24.2 Å². The van der Waals surface area contributed by atoms with Gasteiger partial charge >= 0.3 is 0 Å².